The molecule has 3 unspecified atom stereocenters. The molecule has 2 aromatic heterocycles. The zero-order chi connectivity index (χ0) is 26.8. The summed E-state index contributed by atoms with van der Waals surface area (Å²) in [6.45, 7) is 6.82. The Labute approximate surface area is 223 Å². The molecule has 0 bridgehead atoms. The van der Waals surface area contributed by atoms with Crippen LogP contribution in [-0.4, -0.2) is 59.2 Å². The minimum atomic E-state index is -0.147. The number of ether oxygens (including phenoxy) is 2. The molecule has 38 heavy (non-hydrogen) atoms. The molecule has 3 aromatic rings. The summed E-state index contributed by atoms with van der Waals surface area (Å²) >= 11 is 0. The van der Waals surface area contributed by atoms with Gasteiger partial charge in [-0.1, -0.05) is 18.6 Å². The van der Waals surface area contributed by atoms with E-state index in [4.69, 9.17) is 9.47 Å². The predicted octanol–water partition coefficient (Wildman–Crippen LogP) is 4.08. The van der Waals surface area contributed by atoms with Crippen molar-refractivity contribution in [2.45, 2.75) is 65.0 Å². The minimum Gasteiger partial charge on any atom is -0.493 e. The summed E-state index contributed by atoms with van der Waals surface area (Å²) in [7, 11) is 1.51. The number of rotatable bonds is 9. The summed E-state index contributed by atoms with van der Waals surface area (Å²) in [4.78, 5) is 38.0. The highest BCUT2D eigenvalue weighted by atomic mass is 16.5. The van der Waals surface area contributed by atoms with Crippen molar-refractivity contribution in [3.05, 3.63) is 41.3 Å². The Morgan fingerprint density at radius 1 is 1.11 bits per heavy atom. The number of methoxy groups -OCH3 is 1. The van der Waals surface area contributed by atoms with Gasteiger partial charge < -0.3 is 25.1 Å². The molecule has 2 saturated carbocycles. The Balaban J connectivity index is 1.36. The highest BCUT2D eigenvalue weighted by Crippen LogP contribution is 2.37. The Bertz CT molecular complexity index is 1330. The van der Waals surface area contributed by atoms with Crippen molar-refractivity contribution in [3.8, 4) is 17.0 Å². The molecule has 3 N–H and O–H groups in total. The van der Waals surface area contributed by atoms with Gasteiger partial charge in [-0.25, -0.2) is 9.97 Å². The van der Waals surface area contributed by atoms with Gasteiger partial charge in [-0.2, -0.15) is 0 Å². The Kier molecular flexibility index (Phi) is 7.65. The summed E-state index contributed by atoms with van der Waals surface area (Å²) in [5.74, 6) is 1.40. The van der Waals surface area contributed by atoms with Crippen molar-refractivity contribution in [1.82, 2.24) is 25.6 Å². The number of nitrogens with one attached hydrogen (secondary N) is 3. The lowest BCUT2D eigenvalue weighted by Crippen LogP contribution is -2.48. The van der Waals surface area contributed by atoms with Crippen molar-refractivity contribution >= 4 is 22.8 Å². The maximum absolute atomic E-state index is 13.5. The molecule has 0 spiro atoms. The molecule has 0 aliphatic heterocycles. The maximum Gasteiger partial charge on any atom is 0.255 e. The molecule has 2 amide bonds. The molecule has 0 saturated heterocycles. The average molecular weight is 520 g/mol. The van der Waals surface area contributed by atoms with Crippen LogP contribution in [0.25, 0.3) is 22.3 Å². The second-order valence-electron chi connectivity index (χ2n) is 10.9. The lowest BCUT2D eigenvalue weighted by atomic mass is 9.82. The second-order valence-corrected chi connectivity index (χ2v) is 10.9. The summed E-state index contributed by atoms with van der Waals surface area (Å²) in [5, 5.41) is 6.27. The first-order chi connectivity index (χ1) is 18.3. The summed E-state index contributed by atoms with van der Waals surface area (Å²) in [6, 6.07) is 6.23. The zero-order valence-corrected chi connectivity index (χ0v) is 22.6. The summed E-state index contributed by atoms with van der Waals surface area (Å²) in [6.07, 6.45) is 6.35. The number of amides is 2. The van der Waals surface area contributed by atoms with E-state index >= 15 is 0 Å². The van der Waals surface area contributed by atoms with Crippen LogP contribution in [0, 0.1) is 25.7 Å². The van der Waals surface area contributed by atoms with Gasteiger partial charge in [0.15, 0.2) is 0 Å². The molecule has 9 heteroatoms. The lowest BCUT2D eigenvalue weighted by Gasteiger charge is -2.35. The first kappa shape index (κ1) is 26.2. The number of carbonyl (C=O) groups excluding carboxylic acids is 2. The normalized spacial score (nSPS) is 21.3. The molecular weight excluding hydrogens is 482 g/mol. The Morgan fingerprint density at radius 2 is 1.92 bits per heavy atom. The second kappa shape index (κ2) is 11.1. The molecule has 3 atom stereocenters. The third-order valence-corrected chi connectivity index (χ3v) is 7.69. The van der Waals surface area contributed by atoms with Gasteiger partial charge in [0.1, 0.15) is 29.9 Å². The van der Waals surface area contributed by atoms with Crippen LogP contribution in [0.5, 0.6) is 5.75 Å². The fourth-order valence-corrected chi connectivity index (χ4v) is 5.43. The van der Waals surface area contributed by atoms with E-state index < -0.39 is 0 Å². The number of nitrogens with zero attached hydrogens (tertiary/aromatic N) is 2. The Morgan fingerprint density at radius 3 is 2.66 bits per heavy atom. The average Bonchev–Trinajstić information content (AvgIpc) is 3.64. The van der Waals surface area contributed by atoms with Gasteiger partial charge in [0.25, 0.3) is 5.91 Å². The van der Waals surface area contributed by atoms with E-state index in [0.29, 0.717) is 23.6 Å². The van der Waals surface area contributed by atoms with E-state index in [9.17, 15) is 9.59 Å². The van der Waals surface area contributed by atoms with Gasteiger partial charge in [-0.3, -0.25) is 9.59 Å². The molecule has 5 rings (SSSR count). The van der Waals surface area contributed by atoms with Crippen molar-refractivity contribution in [3.63, 3.8) is 0 Å². The smallest absolute Gasteiger partial charge is 0.255 e. The first-order valence-corrected chi connectivity index (χ1v) is 13.5. The van der Waals surface area contributed by atoms with Crippen LogP contribution >= 0.6 is 0 Å². The largest absolute Gasteiger partial charge is 0.493 e. The van der Waals surface area contributed by atoms with Crippen molar-refractivity contribution in [1.29, 1.82) is 0 Å². The van der Waals surface area contributed by atoms with Crippen LogP contribution in [0.15, 0.2) is 24.5 Å². The highest BCUT2D eigenvalue weighted by molar-refractivity contribution is 6.09. The van der Waals surface area contributed by atoms with Gasteiger partial charge in [-0.05, 0) is 69.9 Å². The van der Waals surface area contributed by atoms with E-state index in [1.165, 1.54) is 26.3 Å². The summed E-state index contributed by atoms with van der Waals surface area (Å²) < 4.78 is 11.1. The third-order valence-electron chi connectivity index (χ3n) is 7.69. The van der Waals surface area contributed by atoms with E-state index in [2.05, 4.69) is 38.6 Å². The van der Waals surface area contributed by atoms with E-state index in [-0.39, 0.29) is 36.4 Å². The third kappa shape index (κ3) is 5.67. The number of fused-ring (bicyclic) bond motifs is 1. The quantitative estimate of drug-likeness (QED) is 0.392. The predicted molar refractivity (Wildman–Crippen MR) is 145 cm³/mol. The van der Waals surface area contributed by atoms with Crippen LogP contribution in [0.3, 0.4) is 0 Å². The van der Waals surface area contributed by atoms with Gasteiger partial charge in [0, 0.05) is 30.5 Å². The number of H-pyrrole nitrogens is 1. The molecule has 2 heterocycles. The standard InChI is InChI=1S/C29H37N5O4/c1-16-5-10-23(38-13-19-6-7-19)21(11-16)26-28-27(31-15-30-26)25(18(3)32-28)29(36)34-22-9-8-20(12-17(22)2)33-24(35)14-37-4/h5,10-11,15,17,19-20,22,32H,6-9,12-14H2,1-4H3,(H,33,35)(H,34,36). The van der Waals surface area contributed by atoms with Gasteiger partial charge in [0.05, 0.1) is 17.7 Å². The van der Waals surface area contributed by atoms with E-state index in [1.54, 1.807) is 0 Å². The SMILES string of the molecule is COCC(=O)NC1CCC(NC(=O)c2c(C)[nH]c3c(-c4cc(C)ccc4OCC4CC4)ncnc23)C(C)C1. The molecular formula is C29H37N5O4. The fourth-order valence-electron chi connectivity index (χ4n) is 5.43. The zero-order valence-electron chi connectivity index (χ0n) is 22.6. The van der Waals surface area contributed by atoms with Crippen LogP contribution < -0.4 is 15.4 Å². The van der Waals surface area contributed by atoms with Crippen LogP contribution in [0.1, 0.15) is 60.6 Å². The van der Waals surface area contributed by atoms with E-state index in [1.807, 2.05) is 26.0 Å². The van der Waals surface area contributed by atoms with Crippen LogP contribution in [0.2, 0.25) is 0 Å². The Hall–Kier alpha value is -3.46. The number of aryl methyl sites for hydroxylation is 2. The topological polar surface area (TPSA) is 118 Å². The highest BCUT2D eigenvalue weighted by Gasteiger charge is 2.31. The number of carbonyl (C=O) groups is 2. The minimum absolute atomic E-state index is 0.0166. The number of benzene rings is 1. The van der Waals surface area contributed by atoms with E-state index in [0.717, 1.165) is 53.0 Å². The molecule has 2 aliphatic rings. The molecule has 1 aromatic carbocycles. The fraction of sp³-hybridized carbons (Fsp3) is 0.517. The lowest BCUT2D eigenvalue weighted by molar-refractivity contribution is -0.125. The maximum atomic E-state index is 13.5. The monoisotopic (exact) mass is 519 g/mol. The molecule has 9 nitrogen and oxygen atoms in total. The molecule has 2 fully saturated rings. The van der Waals surface area contributed by atoms with Crippen molar-refractivity contribution < 1.29 is 19.1 Å². The van der Waals surface area contributed by atoms with Gasteiger partial charge in [0.2, 0.25) is 5.91 Å². The number of aromatic amines is 1. The van der Waals surface area contributed by atoms with Crippen LogP contribution in [0.4, 0.5) is 0 Å². The molecule has 202 valence electrons. The van der Waals surface area contributed by atoms with Gasteiger partial charge >= 0.3 is 0 Å². The van der Waals surface area contributed by atoms with Crippen molar-refractivity contribution in [2.75, 3.05) is 20.3 Å². The van der Waals surface area contributed by atoms with Crippen LogP contribution in [-0.2, 0) is 9.53 Å². The van der Waals surface area contributed by atoms with Gasteiger partial charge in [-0.15, -0.1) is 0 Å². The number of aromatic nitrogens is 3. The molecule has 0 radical (unpaired) electrons. The first-order valence-electron chi connectivity index (χ1n) is 13.5. The van der Waals surface area contributed by atoms with Crippen molar-refractivity contribution in [2.24, 2.45) is 11.8 Å². The molecule has 2 aliphatic carbocycles. The number of hydrogen-bond acceptors (Lipinski definition) is 6. The summed E-state index contributed by atoms with van der Waals surface area (Å²) in [5.41, 5.74) is 5.36. The number of hydrogen-bond donors (Lipinski definition) is 3.